The molecule has 2 aliphatic carbocycles. The molecule has 1 N–H and O–H groups in total. The number of nitrogens with zero attached hydrogens (tertiary/aromatic N) is 4. The number of ether oxygens (including phenoxy) is 1. The minimum absolute atomic E-state index is 0.0299. The third-order valence-corrected chi connectivity index (χ3v) is 10.6. The van der Waals surface area contributed by atoms with E-state index in [4.69, 9.17) is 14.8 Å². The smallest absolute Gasteiger partial charge is 0.303 e. The SMILES string of the molecule is CC[C@@H]1C[C@@H]2C[C@H](C1)C[C@@H](N1[C@@H]3COC[C@H]1C[C@@H](n1c(=O)c(N4CC(CC(=O)O)C4)nc4ccccc41)C3)C2. The average molecular weight is 535 g/mol. The summed E-state index contributed by atoms with van der Waals surface area (Å²) in [4.78, 5) is 34.8. The molecule has 39 heavy (non-hydrogen) atoms. The van der Waals surface area contributed by atoms with Gasteiger partial charge in [0.2, 0.25) is 0 Å². The van der Waals surface area contributed by atoms with E-state index in [0.29, 0.717) is 37.0 Å². The molecule has 0 radical (unpaired) electrons. The number of piperidine rings is 1. The van der Waals surface area contributed by atoms with Crippen molar-refractivity contribution in [2.45, 2.75) is 88.9 Å². The largest absolute Gasteiger partial charge is 0.481 e. The van der Waals surface area contributed by atoms with Crippen molar-refractivity contribution < 1.29 is 14.6 Å². The number of morpholine rings is 1. The maximum atomic E-state index is 14.0. The Labute approximate surface area is 230 Å². The summed E-state index contributed by atoms with van der Waals surface area (Å²) in [5, 5.41) is 9.17. The molecule has 5 fully saturated rings. The monoisotopic (exact) mass is 534 g/mol. The Hall–Kier alpha value is -2.45. The van der Waals surface area contributed by atoms with Gasteiger partial charge in [0.05, 0.1) is 30.7 Å². The number of para-hydroxylation sites is 2. The Morgan fingerprint density at radius 2 is 1.62 bits per heavy atom. The maximum absolute atomic E-state index is 14.0. The summed E-state index contributed by atoms with van der Waals surface area (Å²) in [6, 6.07) is 9.46. The Bertz CT molecular complexity index is 1260. The van der Waals surface area contributed by atoms with Crippen molar-refractivity contribution in [3.63, 3.8) is 0 Å². The predicted octanol–water partition coefficient (Wildman–Crippen LogP) is 4.32. The van der Waals surface area contributed by atoms with Gasteiger partial charge in [-0.05, 0) is 74.8 Å². The molecule has 3 saturated heterocycles. The van der Waals surface area contributed by atoms with Crippen molar-refractivity contribution in [2.24, 2.45) is 23.7 Å². The number of hydrogen-bond acceptors (Lipinski definition) is 6. The first kappa shape index (κ1) is 25.5. The number of hydrogen-bond donors (Lipinski definition) is 1. The lowest BCUT2D eigenvalue weighted by Crippen LogP contribution is -2.62. The molecule has 7 rings (SSSR count). The lowest BCUT2D eigenvalue weighted by atomic mass is 9.65. The number of carbonyl (C=O) groups is 1. The molecule has 3 aliphatic heterocycles. The summed E-state index contributed by atoms with van der Waals surface area (Å²) in [5.41, 5.74) is 1.71. The molecule has 0 amide bonds. The summed E-state index contributed by atoms with van der Waals surface area (Å²) in [7, 11) is 0. The van der Waals surface area contributed by atoms with Gasteiger partial charge < -0.3 is 19.3 Å². The molecule has 7 atom stereocenters. The molecule has 1 aromatic carbocycles. The van der Waals surface area contributed by atoms with Crippen LogP contribution in [0.3, 0.4) is 0 Å². The van der Waals surface area contributed by atoms with Crippen molar-refractivity contribution in [3.8, 4) is 0 Å². The molecule has 8 nitrogen and oxygen atoms in total. The van der Waals surface area contributed by atoms with E-state index in [0.717, 1.165) is 54.8 Å². The Balaban J connectivity index is 1.16. The zero-order valence-corrected chi connectivity index (χ0v) is 23.1. The van der Waals surface area contributed by atoms with Crippen molar-refractivity contribution in [1.29, 1.82) is 0 Å². The van der Waals surface area contributed by atoms with Gasteiger partial charge in [0.25, 0.3) is 5.56 Å². The molecular formula is C31H42N4O4. The van der Waals surface area contributed by atoms with E-state index in [2.05, 4.69) is 11.8 Å². The number of aliphatic carboxylic acids is 1. The first-order valence-corrected chi connectivity index (χ1v) is 15.3. The van der Waals surface area contributed by atoms with Crippen LogP contribution in [0.2, 0.25) is 0 Å². The lowest BCUT2D eigenvalue weighted by molar-refractivity contribution is -0.138. The van der Waals surface area contributed by atoms with Crippen LogP contribution in [-0.2, 0) is 9.53 Å². The van der Waals surface area contributed by atoms with Crippen LogP contribution in [0.15, 0.2) is 29.1 Å². The molecule has 4 bridgehead atoms. The van der Waals surface area contributed by atoms with E-state index in [1.54, 1.807) is 0 Å². The number of aromatic nitrogens is 2. The molecule has 8 heteroatoms. The summed E-state index contributed by atoms with van der Waals surface area (Å²) in [6.07, 6.45) is 10.2. The Morgan fingerprint density at radius 1 is 0.923 bits per heavy atom. The summed E-state index contributed by atoms with van der Waals surface area (Å²) in [6.45, 7) is 5.02. The number of anilines is 1. The van der Waals surface area contributed by atoms with Gasteiger partial charge in [0.15, 0.2) is 5.82 Å². The van der Waals surface area contributed by atoms with E-state index < -0.39 is 5.97 Å². The highest BCUT2D eigenvalue weighted by molar-refractivity contribution is 5.77. The number of fused-ring (bicyclic) bond motifs is 5. The van der Waals surface area contributed by atoms with E-state index in [9.17, 15) is 9.59 Å². The normalized spacial score (nSPS) is 35.1. The molecule has 1 aromatic heterocycles. The van der Waals surface area contributed by atoms with Crippen LogP contribution >= 0.6 is 0 Å². The molecular weight excluding hydrogens is 492 g/mol. The number of rotatable bonds is 6. The topological polar surface area (TPSA) is 87.9 Å². The standard InChI is InChI=1S/C31H42N4O4/c1-2-19-7-20-9-21(8-19)11-23(10-20)34-25-13-24(14-26(34)18-39-17-25)35-28-6-4-3-5-27(28)32-30(31(35)38)33-15-22(16-33)12-29(36)37/h3-6,19-26H,2,7-18H2,1H3,(H,36,37)/t19-,20-,21+,23+,24-,25-,26+. The second-order valence-electron chi connectivity index (χ2n) is 13.2. The number of benzene rings is 1. The average Bonchev–Trinajstić information content (AvgIpc) is 2.89. The Morgan fingerprint density at radius 3 is 2.28 bits per heavy atom. The van der Waals surface area contributed by atoms with E-state index in [-0.39, 0.29) is 23.9 Å². The number of carboxylic acids is 1. The first-order chi connectivity index (χ1) is 19.0. The predicted molar refractivity (Wildman–Crippen MR) is 150 cm³/mol. The van der Waals surface area contributed by atoms with Gasteiger partial charge in [-0.2, -0.15) is 0 Å². The van der Waals surface area contributed by atoms with E-state index in [1.165, 1.54) is 38.5 Å². The van der Waals surface area contributed by atoms with Crippen LogP contribution in [-0.4, -0.2) is 70.0 Å². The molecule has 210 valence electrons. The van der Waals surface area contributed by atoms with Crippen LogP contribution in [0, 0.1) is 23.7 Å². The van der Waals surface area contributed by atoms with E-state index >= 15 is 0 Å². The highest BCUT2D eigenvalue weighted by Crippen LogP contribution is 2.47. The minimum Gasteiger partial charge on any atom is -0.481 e. The summed E-state index contributed by atoms with van der Waals surface area (Å²) >= 11 is 0. The van der Waals surface area contributed by atoms with Crippen LogP contribution < -0.4 is 10.5 Å². The van der Waals surface area contributed by atoms with Gasteiger partial charge in [0.1, 0.15) is 0 Å². The molecule has 0 unspecified atom stereocenters. The van der Waals surface area contributed by atoms with Gasteiger partial charge in [-0.3, -0.25) is 14.5 Å². The lowest BCUT2D eigenvalue weighted by Gasteiger charge is -2.55. The molecule has 5 aliphatic rings. The fourth-order valence-corrected chi connectivity index (χ4v) is 9.08. The van der Waals surface area contributed by atoms with Gasteiger partial charge in [-0.25, -0.2) is 4.98 Å². The fourth-order valence-electron chi connectivity index (χ4n) is 9.08. The Kier molecular flexibility index (Phi) is 6.66. The highest BCUT2D eigenvalue weighted by Gasteiger charge is 2.47. The van der Waals surface area contributed by atoms with Crippen LogP contribution in [0.5, 0.6) is 0 Å². The van der Waals surface area contributed by atoms with Crippen LogP contribution in [0.4, 0.5) is 5.82 Å². The van der Waals surface area contributed by atoms with Crippen molar-refractivity contribution >= 4 is 22.8 Å². The molecule has 0 spiro atoms. The van der Waals surface area contributed by atoms with Gasteiger partial charge in [-0.15, -0.1) is 0 Å². The molecule has 2 saturated carbocycles. The fraction of sp³-hybridized carbons (Fsp3) is 0.710. The maximum Gasteiger partial charge on any atom is 0.303 e. The van der Waals surface area contributed by atoms with Crippen LogP contribution in [0.25, 0.3) is 11.0 Å². The number of carboxylic acid groups (broad SMARTS) is 1. The zero-order chi connectivity index (χ0) is 26.7. The van der Waals surface area contributed by atoms with Crippen molar-refractivity contribution in [2.75, 3.05) is 31.2 Å². The third kappa shape index (κ3) is 4.67. The quantitative estimate of drug-likeness (QED) is 0.591. The van der Waals surface area contributed by atoms with Crippen LogP contribution in [0.1, 0.15) is 70.8 Å². The van der Waals surface area contributed by atoms with Crippen molar-refractivity contribution in [3.05, 3.63) is 34.6 Å². The third-order valence-electron chi connectivity index (χ3n) is 10.6. The minimum atomic E-state index is -0.782. The summed E-state index contributed by atoms with van der Waals surface area (Å²) in [5.74, 6) is 2.45. The second-order valence-corrected chi connectivity index (χ2v) is 13.2. The zero-order valence-electron chi connectivity index (χ0n) is 23.1. The second kappa shape index (κ2) is 10.2. The van der Waals surface area contributed by atoms with Crippen molar-refractivity contribution in [1.82, 2.24) is 14.5 Å². The summed E-state index contributed by atoms with van der Waals surface area (Å²) < 4.78 is 8.16. The van der Waals surface area contributed by atoms with Gasteiger partial charge in [0, 0.05) is 43.2 Å². The molecule has 2 aromatic rings. The van der Waals surface area contributed by atoms with E-state index in [1.807, 2.05) is 33.7 Å². The first-order valence-electron chi connectivity index (χ1n) is 15.3. The van der Waals surface area contributed by atoms with Gasteiger partial charge >= 0.3 is 5.97 Å². The molecule has 4 heterocycles. The van der Waals surface area contributed by atoms with Gasteiger partial charge in [-0.1, -0.05) is 25.5 Å². The highest BCUT2D eigenvalue weighted by atomic mass is 16.5.